The van der Waals surface area contributed by atoms with E-state index in [1.165, 1.54) is 11.8 Å². The van der Waals surface area contributed by atoms with E-state index < -0.39 is 5.91 Å². The number of pyridine rings is 1. The molecule has 40 heavy (non-hydrogen) atoms. The van der Waals surface area contributed by atoms with Crippen LogP contribution in [0.4, 0.5) is 11.4 Å². The van der Waals surface area contributed by atoms with Gasteiger partial charge in [-0.3, -0.25) is 19.4 Å². The predicted octanol–water partition coefficient (Wildman–Crippen LogP) is 6.31. The Labute approximate surface area is 238 Å². The highest BCUT2D eigenvalue weighted by Gasteiger charge is 2.19. The number of thioether (sulfide) groups is 1. The summed E-state index contributed by atoms with van der Waals surface area (Å²) >= 11 is 1.41. The fourth-order valence-electron chi connectivity index (χ4n) is 3.76. The molecule has 0 spiro atoms. The Morgan fingerprint density at radius 2 is 1.57 bits per heavy atom. The second-order valence-corrected chi connectivity index (χ2v) is 10.3. The van der Waals surface area contributed by atoms with Gasteiger partial charge in [-0.1, -0.05) is 61.0 Å². The predicted molar refractivity (Wildman–Crippen MR) is 161 cm³/mol. The van der Waals surface area contributed by atoms with Gasteiger partial charge in [-0.15, -0.1) is 11.8 Å². The molecular formula is C32H30N4O3S. The van der Waals surface area contributed by atoms with Gasteiger partial charge in [0.25, 0.3) is 11.8 Å². The Balaban J connectivity index is 1.50. The summed E-state index contributed by atoms with van der Waals surface area (Å²) in [6, 6.07) is 27.1. The molecule has 3 amide bonds. The number of rotatable bonds is 10. The highest BCUT2D eigenvalue weighted by Crippen LogP contribution is 2.28. The van der Waals surface area contributed by atoms with Crippen LogP contribution in [-0.4, -0.2) is 28.0 Å². The van der Waals surface area contributed by atoms with Crippen LogP contribution < -0.4 is 16.0 Å². The summed E-state index contributed by atoms with van der Waals surface area (Å²) in [5, 5.41) is 8.23. The van der Waals surface area contributed by atoms with Gasteiger partial charge in [-0.05, 0) is 67.4 Å². The van der Waals surface area contributed by atoms with Crippen molar-refractivity contribution < 1.29 is 14.4 Å². The topological polar surface area (TPSA) is 100 Å². The van der Waals surface area contributed by atoms with Crippen molar-refractivity contribution >= 4 is 46.9 Å². The molecule has 3 N–H and O–H groups in total. The molecule has 1 unspecified atom stereocenters. The summed E-state index contributed by atoms with van der Waals surface area (Å²) in [5.41, 5.74) is 3.65. The molecule has 7 nitrogen and oxygen atoms in total. The number of aryl methyl sites for hydroxylation is 1. The Hall–Kier alpha value is -4.69. The fraction of sp³-hybridized carbons (Fsp3) is 0.125. The van der Waals surface area contributed by atoms with Crippen LogP contribution in [-0.2, 0) is 9.59 Å². The van der Waals surface area contributed by atoms with Gasteiger partial charge in [0.15, 0.2) is 0 Å². The molecule has 0 radical (unpaired) electrons. The lowest BCUT2D eigenvalue weighted by Crippen LogP contribution is -2.30. The molecule has 8 heteroatoms. The van der Waals surface area contributed by atoms with Gasteiger partial charge in [0.1, 0.15) is 5.70 Å². The molecule has 0 saturated carbocycles. The Bertz CT molecular complexity index is 1490. The van der Waals surface area contributed by atoms with Crippen molar-refractivity contribution in [3.63, 3.8) is 0 Å². The second kappa shape index (κ2) is 13.9. The van der Waals surface area contributed by atoms with Gasteiger partial charge in [-0.25, -0.2) is 0 Å². The lowest BCUT2D eigenvalue weighted by atomic mass is 10.1. The van der Waals surface area contributed by atoms with Gasteiger partial charge < -0.3 is 16.0 Å². The van der Waals surface area contributed by atoms with Crippen molar-refractivity contribution in [2.75, 3.05) is 10.6 Å². The summed E-state index contributed by atoms with van der Waals surface area (Å²) < 4.78 is 0. The molecule has 0 aliphatic rings. The highest BCUT2D eigenvalue weighted by atomic mass is 32.2. The summed E-state index contributed by atoms with van der Waals surface area (Å²) in [4.78, 5) is 43.9. The first-order chi connectivity index (χ1) is 19.4. The Morgan fingerprint density at radius 3 is 2.27 bits per heavy atom. The smallest absolute Gasteiger partial charge is 0.272 e. The second-order valence-electron chi connectivity index (χ2n) is 9.01. The van der Waals surface area contributed by atoms with Crippen molar-refractivity contribution in [1.29, 1.82) is 0 Å². The molecule has 4 rings (SSSR count). The number of anilines is 2. The molecular weight excluding hydrogens is 520 g/mol. The molecule has 0 fully saturated rings. The number of carbonyl (C=O) groups is 3. The van der Waals surface area contributed by atoms with Crippen LogP contribution in [0.1, 0.15) is 34.8 Å². The maximum atomic E-state index is 13.4. The Kier molecular flexibility index (Phi) is 9.85. The molecule has 0 saturated heterocycles. The Morgan fingerprint density at radius 1 is 0.850 bits per heavy atom. The third-order valence-corrected chi connectivity index (χ3v) is 7.26. The zero-order valence-electron chi connectivity index (χ0n) is 22.3. The number of carbonyl (C=O) groups excluding carboxylic acids is 3. The molecule has 1 atom stereocenters. The van der Waals surface area contributed by atoms with Gasteiger partial charge in [0, 0.05) is 34.2 Å². The quantitative estimate of drug-likeness (QED) is 0.159. The van der Waals surface area contributed by atoms with Crippen molar-refractivity contribution in [1.82, 2.24) is 10.3 Å². The van der Waals surface area contributed by atoms with Crippen LogP contribution in [0.3, 0.4) is 0 Å². The molecule has 0 bridgehead atoms. The first-order valence-corrected chi connectivity index (χ1v) is 13.7. The average molecular weight is 551 g/mol. The number of aromatic nitrogens is 1. The molecule has 0 aliphatic carbocycles. The third-order valence-electron chi connectivity index (χ3n) is 5.90. The lowest BCUT2D eigenvalue weighted by molar-refractivity contribution is -0.116. The highest BCUT2D eigenvalue weighted by molar-refractivity contribution is 8.00. The minimum Gasteiger partial charge on any atom is -0.325 e. The van der Waals surface area contributed by atoms with Crippen molar-refractivity contribution in [3.8, 4) is 0 Å². The summed E-state index contributed by atoms with van der Waals surface area (Å²) in [6.07, 6.45) is 5.51. The number of hydrogen-bond donors (Lipinski definition) is 3. The van der Waals surface area contributed by atoms with Crippen molar-refractivity contribution in [2.24, 2.45) is 0 Å². The summed E-state index contributed by atoms with van der Waals surface area (Å²) in [5.74, 6) is -0.959. The van der Waals surface area contributed by atoms with Crippen LogP contribution in [0.25, 0.3) is 6.08 Å². The standard InChI is InChI=1S/C32H30N4O3S/c1-3-29(32(39)34-25-16-18-33-19-17-25)40-27-11-7-10-26(21-27)35-31(38)28(20-23-14-12-22(2)13-15-23)36-30(37)24-8-5-4-6-9-24/h4-21,29H,3H2,1-2H3,(H,35,38)(H,36,37)(H,33,34,39)/b28-20-. The van der Waals surface area contributed by atoms with Gasteiger partial charge in [0.05, 0.1) is 5.25 Å². The van der Waals surface area contributed by atoms with Crippen LogP contribution in [0.2, 0.25) is 0 Å². The zero-order chi connectivity index (χ0) is 28.3. The number of amides is 3. The van der Waals surface area contributed by atoms with E-state index in [1.54, 1.807) is 60.9 Å². The van der Waals surface area contributed by atoms with E-state index >= 15 is 0 Å². The van der Waals surface area contributed by atoms with E-state index in [-0.39, 0.29) is 22.8 Å². The SMILES string of the molecule is CCC(Sc1cccc(NC(=O)/C(=C/c2ccc(C)cc2)NC(=O)c2ccccc2)c1)C(=O)Nc1ccncc1. The number of nitrogens with one attached hydrogen (secondary N) is 3. The van der Waals surface area contributed by atoms with Gasteiger partial charge >= 0.3 is 0 Å². The van der Waals surface area contributed by atoms with Crippen LogP contribution in [0, 0.1) is 6.92 Å². The summed E-state index contributed by atoms with van der Waals surface area (Å²) in [6.45, 7) is 3.93. The molecule has 1 aromatic heterocycles. The van der Waals surface area contributed by atoms with Crippen molar-refractivity contribution in [3.05, 3.63) is 126 Å². The zero-order valence-corrected chi connectivity index (χ0v) is 23.1. The maximum Gasteiger partial charge on any atom is 0.272 e. The van der Waals surface area contributed by atoms with E-state index in [2.05, 4.69) is 20.9 Å². The number of hydrogen-bond acceptors (Lipinski definition) is 5. The molecule has 3 aromatic carbocycles. The van der Waals surface area contributed by atoms with Gasteiger partial charge in [-0.2, -0.15) is 0 Å². The first kappa shape index (κ1) is 28.3. The monoisotopic (exact) mass is 550 g/mol. The van der Waals surface area contributed by atoms with Crippen LogP contribution >= 0.6 is 11.8 Å². The molecule has 0 aliphatic heterocycles. The lowest BCUT2D eigenvalue weighted by Gasteiger charge is -2.16. The third kappa shape index (κ3) is 8.15. The average Bonchev–Trinajstić information content (AvgIpc) is 2.97. The minimum atomic E-state index is -0.463. The molecule has 4 aromatic rings. The van der Waals surface area contributed by atoms with E-state index in [0.29, 0.717) is 23.4 Å². The minimum absolute atomic E-state index is 0.110. The fourth-order valence-corrected chi connectivity index (χ4v) is 4.78. The largest absolute Gasteiger partial charge is 0.325 e. The number of nitrogens with zero attached hydrogens (tertiary/aromatic N) is 1. The first-order valence-electron chi connectivity index (χ1n) is 12.8. The van der Waals surface area contributed by atoms with E-state index in [4.69, 9.17) is 0 Å². The van der Waals surface area contributed by atoms with Gasteiger partial charge in [0.2, 0.25) is 5.91 Å². The van der Waals surface area contributed by atoms with Crippen LogP contribution in [0.5, 0.6) is 0 Å². The van der Waals surface area contributed by atoms with Crippen molar-refractivity contribution in [2.45, 2.75) is 30.4 Å². The molecule has 202 valence electrons. The normalized spacial score (nSPS) is 11.8. The summed E-state index contributed by atoms with van der Waals surface area (Å²) in [7, 11) is 0. The van der Waals surface area contributed by atoms with E-state index in [1.807, 2.05) is 62.4 Å². The van der Waals surface area contributed by atoms with E-state index in [0.717, 1.165) is 16.0 Å². The maximum absolute atomic E-state index is 13.4. The number of benzene rings is 3. The molecule has 1 heterocycles. The van der Waals surface area contributed by atoms with Crippen LogP contribution in [0.15, 0.2) is 114 Å². The van der Waals surface area contributed by atoms with E-state index in [9.17, 15) is 14.4 Å².